The van der Waals surface area contributed by atoms with E-state index < -0.39 is 17.1 Å². The van der Waals surface area contributed by atoms with Crippen molar-refractivity contribution in [1.82, 2.24) is 49.5 Å². The highest BCUT2D eigenvalue weighted by Crippen LogP contribution is 2.18. The molecule has 23 heteroatoms. The van der Waals surface area contributed by atoms with Gasteiger partial charge >= 0.3 is 17.1 Å². The average Bonchev–Trinajstić information content (AvgIpc) is 3.19. The summed E-state index contributed by atoms with van der Waals surface area (Å²) in [6.45, 7) is 31.6. The quantitative estimate of drug-likeness (QED) is 0.0452. The zero-order valence-electron chi connectivity index (χ0n) is 41.9. The first kappa shape index (κ1) is 63.0. The van der Waals surface area contributed by atoms with Gasteiger partial charge < -0.3 is 64.3 Å². The standard InChI is InChI=1S/C19H42N8O2Si.C11H20Cl2N4O2Si.C6H15N.C4H12N2/c1-8-28-30(7,29-9-2)16-10-11-20-17-23-18(21-12-14-26(3)4)25-19(24-17)22-13-15-27(5)6;1-4-18-20(3,19-5-2)8-6-7-14-11-16-9(12)15-10(13)17-11;1-4-7(5-2)6-3;1-6(2)4-3-5/h8-16H2,1-7H3,(H3,20,21,22,23,24,25);4-8H2,1-3H3,(H,14,15,16,17);4-6H2,1-3H3;3-5H2,1-2H3. The summed E-state index contributed by atoms with van der Waals surface area (Å²) in [6, 6.07) is 1.82. The number of anilines is 4. The van der Waals surface area contributed by atoms with Gasteiger partial charge in [-0.1, -0.05) is 20.8 Å². The molecule has 0 unspecified atom stereocenters. The molecule has 63 heavy (non-hydrogen) atoms. The molecule has 0 aliphatic carbocycles. The van der Waals surface area contributed by atoms with Crippen LogP contribution >= 0.6 is 23.2 Å². The second kappa shape index (κ2) is 39.1. The summed E-state index contributed by atoms with van der Waals surface area (Å²) in [5.74, 6) is 2.10. The Morgan fingerprint density at radius 2 is 0.778 bits per heavy atom. The first-order valence-electron chi connectivity index (χ1n) is 22.6. The number of nitrogens with zero attached hydrogens (tertiary/aromatic N) is 10. The van der Waals surface area contributed by atoms with Gasteiger partial charge in [0.1, 0.15) is 0 Å². The molecule has 0 spiro atoms. The molecule has 0 radical (unpaired) electrons. The number of nitrogens with one attached hydrogen (secondary N) is 4. The van der Waals surface area contributed by atoms with Crippen LogP contribution in [0.4, 0.5) is 23.8 Å². The van der Waals surface area contributed by atoms with Crippen molar-refractivity contribution in [1.29, 1.82) is 0 Å². The van der Waals surface area contributed by atoms with Crippen LogP contribution < -0.4 is 27.0 Å². The van der Waals surface area contributed by atoms with Crippen LogP contribution in [0.5, 0.6) is 0 Å². The molecule has 0 aromatic carbocycles. The van der Waals surface area contributed by atoms with E-state index in [1.807, 2.05) is 70.0 Å². The summed E-state index contributed by atoms with van der Waals surface area (Å²) < 4.78 is 23.3. The van der Waals surface area contributed by atoms with Crippen molar-refractivity contribution >= 4 is 64.1 Å². The van der Waals surface area contributed by atoms with E-state index in [1.54, 1.807) is 0 Å². The van der Waals surface area contributed by atoms with Crippen molar-refractivity contribution in [2.75, 3.05) is 162 Å². The number of halogens is 2. The Kier molecular flexibility index (Phi) is 39.1. The first-order chi connectivity index (χ1) is 29.9. The van der Waals surface area contributed by atoms with E-state index >= 15 is 0 Å². The molecule has 6 N–H and O–H groups in total. The third kappa shape index (κ3) is 35.8. The minimum absolute atomic E-state index is 0.0790. The number of likely N-dealkylation sites (N-methyl/N-ethyl adjacent to an activating group) is 3. The van der Waals surface area contributed by atoms with Gasteiger partial charge in [0.05, 0.1) is 0 Å². The fraction of sp³-hybridized carbons (Fsp3) is 0.850. The molecule has 0 bridgehead atoms. The molecule has 19 nitrogen and oxygen atoms in total. The molecule has 2 heterocycles. The summed E-state index contributed by atoms with van der Waals surface area (Å²) in [4.78, 5) is 33.7. The largest absolute Gasteiger partial charge is 0.395 e. The van der Waals surface area contributed by atoms with E-state index in [0.29, 0.717) is 56.8 Å². The zero-order valence-corrected chi connectivity index (χ0v) is 45.4. The molecule has 0 aliphatic heterocycles. The number of nitrogens with two attached hydrogens (primary N) is 1. The van der Waals surface area contributed by atoms with Gasteiger partial charge in [-0.25, -0.2) is 0 Å². The molecular formula is C40H89Cl2N15O4Si2. The van der Waals surface area contributed by atoms with E-state index in [0.717, 1.165) is 70.7 Å². The van der Waals surface area contributed by atoms with Crippen LogP contribution in [0, 0.1) is 0 Å². The van der Waals surface area contributed by atoms with Gasteiger partial charge in [0.25, 0.3) is 0 Å². The van der Waals surface area contributed by atoms with Gasteiger partial charge in [-0.2, -0.15) is 29.9 Å². The second-order valence-electron chi connectivity index (χ2n) is 15.2. The average molecular weight is 971 g/mol. The molecule has 370 valence electrons. The van der Waals surface area contributed by atoms with Crippen LogP contribution in [-0.4, -0.2) is 207 Å². The molecule has 2 rings (SSSR count). The van der Waals surface area contributed by atoms with E-state index in [1.165, 1.54) is 19.6 Å². The van der Waals surface area contributed by atoms with E-state index in [-0.39, 0.29) is 10.6 Å². The molecule has 0 aliphatic rings. The van der Waals surface area contributed by atoms with Crippen molar-refractivity contribution in [3.8, 4) is 0 Å². The third-order valence-corrected chi connectivity index (χ3v) is 15.3. The maximum absolute atomic E-state index is 5.91. The lowest BCUT2D eigenvalue weighted by atomic mass is 10.5. The Morgan fingerprint density at radius 3 is 1.02 bits per heavy atom. The van der Waals surface area contributed by atoms with Crippen LogP contribution in [-0.2, 0) is 17.7 Å². The maximum Gasteiger partial charge on any atom is 0.334 e. The Morgan fingerprint density at radius 1 is 0.476 bits per heavy atom. The molecule has 0 saturated heterocycles. The topological polar surface area (TPSA) is 201 Å². The lowest BCUT2D eigenvalue weighted by molar-refractivity contribution is 0.188. The summed E-state index contributed by atoms with van der Waals surface area (Å²) in [7, 11) is 8.02. The highest BCUT2D eigenvalue weighted by Gasteiger charge is 2.30. The minimum atomic E-state index is -2.09. The van der Waals surface area contributed by atoms with Crippen LogP contribution in [0.15, 0.2) is 0 Å². The van der Waals surface area contributed by atoms with Gasteiger partial charge in [0, 0.05) is 78.8 Å². The Labute approximate surface area is 394 Å². The van der Waals surface area contributed by atoms with Crippen molar-refractivity contribution in [2.24, 2.45) is 5.73 Å². The van der Waals surface area contributed by atoms with E-state index in [2.05, 4.69) is 105 Å². The SMILES string of the molecule is CCN(CC)CC.CCO[Si](C)(CCCNc1nc(Cl)nc(Cl)n1)OCC.CCO[Si](C)(CCCNc1nc(NCCN(C)C)nc(NCCN(C)C)n1)OCC.CN(C)CCN. The fourth-order valence-electron chi connectivity index (χ4n) is 5.54. The summed E-state index contributed by atoms with van der Waals surface area (Å²) in [6.07, 6.45) is 1.82. The zero-order chi connectivity index (χ0) is 48.1. The van der Waals surface area contributed by atoms with Crippen molar-refractivity contribution in [2.45, 2.75) is 86.5 Å². The van der Waals surface area contributed by atoms with Crippen LogP contribution in [0.25, 0.3) is 0 Å². The first-order valence-corrected chi connectivity index (χ1v) is 28.4. The molecule has 2 aromatic rings. The number of aromatic nitrogens is 6. The highest BCUT2D eigenvalue weighted by molar-refractivity contribution is 6.66. The van der Waals surface area contributed by atoms with Crippen LogP contribution in [0.3, 0.4) is 0 Å². The lowest BCUT2D eigenvalue weighted by Crippen LogP contribution is -2.39. The molecule has 2 aromatic heterocycles. The smallest absolute Gasteiger partial charge is 0.334 e. The predicted molar refractivity (Wildman–Crippen MR) is 270 cm³/mol. The Hall–Kier alpha value is -2.13. The lowest BCUT2D eigenvalue weighted by Gasteiger charge is -2.25. The Bertz CT molecular complexity index is 1310. The fourth-order valence-corrected chi connectivity index (χ4v) is 10.7. The van der Waals surface area contributed by atoms with Crippen LogP contribution in [0.2, 0.25) is 35.7 Å². The summed E-state index contributed by atoms with van der Waals surface area (Å²) in [5.41, 5.74) is 5.19. The second-order valence-corrected chi connectivity index (χ2v) is 22.6. The van der Waals surface area contributed by atoms with Gasteiger partial charge in [0.2, 0.25) is 34.4 Å². The van der Waals surface area contributed by atoms with E-state index in [4.69, 9.17) is 46.6 Å². The van der Waals surface area contributed by atoms with Crippen LogP contribution in [0.1, 0.15) is 61.3 Å². The van der Waals surface area contributed by atoms with Crippen molar-refractivity contribution < 1.29 is 17.7 Å². The molecule has 0 fully saturated rings. The third-order valence-electron chi connectivity index (χ3n) is 8.80. The van der Waals surface area contributed by atoms with E-state index in [9.17, 15) is 0 Å². The summed E-state index contributed by atoms with van der Waals surface area (Å²) >= 11 is 11.4. The highest BCUT2D eigenvalue weighted by atomic mass is 35.5. The maximum atomic E-state index is 5.91. The molecular weight excluding hydrogens is 882 g/mol. The minimum Gasteiger partial charge on any atom is -0.395 e. The van der Waals surface area contributed by atoms with Gasteiger partial charge in [-0.3, -0.25) is 0 Å². The number of hydrogen-bond donors (Lipinski definition) is 5. The van der Waals surface area contributed by atoms with Gasteiger partial charge in [-0.15, -0.1) is 0 Å². The number of hydrogen-bond acceptors (Lipinski definition) is 19. The Balaban J connectivity index is 0. The normalized spacial score (nSPS) is 11.5. The molecule has 0 amide bonds. The van der Waals surface area contributed by atoms with Gasteiger partial charge in [0.15, 0.2) is 0 Å². The number of rotatable bonds is 31. The predicted octanol–water partition coefficient (Wildman–Crippen LogP) is 5.75. The van der Waals surface area contributed by atoms with Gasteiger partial charge in [-0.05, 0) is 151 Å². The molecule has 0 atom stereocenters. The van der Waals surface area contributed by atoms with Crippen molar-refractivity contribution in [3.05, 3.63) is 10.6 Å². The monoisotopic (exact) mass is 970 g/mol. The van der Waals surface area contributed by atoms with Crippen molar-refractivity contribution in [3.63, 3.8) is 0 Å². The molecule has 0 saturated carbocycles. The summed E-state index contributed by atoms with van der Waals surface area (Å²) in [5, 5.41) is 13.1.